The summed E-state index contributed by atoms with van der Waals surface area (Å²) in [6.45, 7) is 0. The minimum atomic E-state index is -0.0583. The lowest BCUT2D eigenvalue weighted by Gasteiger charge is -2.12. The fraction of sp³-hybridized carbons (Fsp3) is 0.133. The molecule has 0 saturated carbocycles. The average Bonchev–Trinajstić information content (AvgIpc) is 2.91. The van der Waals surface area contributed by atoms with E-state index in [1.165, 1.54) is 0 Å². The van der Waals surface area contributed by atoms with Crippen molar-refractivity contribution in [1.29, 1.82) is 0 Å². The summed E-state index contributed by atoms with van der Waals surface area (Å²) in [6, 6.07) is 7.41. The Morgan fingerprint density at radius 2 is 1.91 bits per heavy atom. The number of hydrogen-bond acceptors (Lipinski definition) is 4. The summed E-state index contributed by atoms with van der Waals surface area (Å²) < 4.78 is 0. The maximum absolute atomic E-state index is 6.08. The number of hydrazine groups is 1. The molecule has 0 fully saturated rings. The van der Waals surface area contributed by atoms with Gasteiger partial charge in [-0.15, -0.1) is 0 Å². The van der Waals surface area contributed by atoms with Crippen molar-refractivity contribution in [1.82, 2.24) is 15.4 Å². The van der Waals surface area contributed by atoms with Gasteiger partial charge in [-0.25, -0.2) is 4.98 Å². The average molecular weight is 353 g/mol. The first-order chi connectivity index (χ1) is 10.6. The topological polar surface area (TPSA) is 66.7 Å². The summed E-state index contributed by atoms with van der Waals surface area (Å²) in [5.41, 5.74) is 6.44. The number of H-pyrrole nitrogens is 1. The van der Waals surface area contributed by atoms with E-state index in [4.69, 9.17) is 29.0 Å². The number of pyridine rings is 1. The number of nitrogens with zero attached hydrogens (tertiary/aromatic N) is 1. The van der Waals surface area contributed by atoms with Gasteiger partial charge in [0.1, 0.15) is 5.65 Å². The zero-order valence-electron chi connectivity index (χ0n) is 11.5. The highest BCUT2D eigenvalue weighted by Crippen LogP contribution is 2.31. The third-order valence-electron chi connectivity index (χ3n) is 3.52. The molecule has 0 aliphatic carbocycles. The van der Waals surface area contributed by atoms with E-state index in [1.54, 1.807) is 12.3 Å². The van der Waals surface area contributed by atoms with E-state index >= 15 is 0 Å². The van der Waals surface area contributed by atoms with Crippen LogP contribution < -0.4 is 11.3 Å². The van der Waals surface area contributed by atoms with Gasteiger partial charge in [-0.2, -0.15) is 12.6 Å². The smallest absolute Gasteiger partial charge is 0.137 e. The number of aromatic nitrogens is 2. The van der Waals surface area contributed by atoms with Gasteiger partial charge in [0.15, 0.2) is 0 Å². The van der Waals surface area contributed by atoms with Crippen LogP contribution in [0.5, 0.6) is 0 Å². The molecule has 1 aromatic carbocycles. The molecule has 0 bridgehead atoms. The van der Waals surface area contributed by atoms with Crippen molar-refractivity contribution in [3.8, 4) is 11.1 Å². The van der Waals surface area contributed by atoms with Crippen molar-refractivity contribution in [2.24, 2.45) is 5.84 Å². The molecule has 114 valence electrons. The van der Waals surface area contributed by atoms with Crippen molar-refractivity contribution in [3.63, 3.8) is 0 Å². The normalized spacial score (nSPS) is 12.7. The molecular formula is C15H14Cl2N4S. The largest absolute Gasteiger partial charge is 0.346 e. The van der Waals surface area contributed by atoms with Gasteiger partial charge in [0.05, 0.1) is 6.04 Å². The highest BCUT2D eigenvalue weighted by molar-refractivity contribution is 7.80. The van der Waals surface area contributed by atoms with Gasteiger partial charge in [0.2, 0.25) is 0 Å². The Bertz CT molecular complexity index is 794. The van der Waals surface area contributed by atoms with Crippen molar-refractivity contribution in [3.05, 3.63) is 52.3 Å². The van der Waals surface area contributed by atoms with Crippen LogP contribution >= 0.6 is 35.8 Å². The number of rotatable bonds is 4. The van der Waals surface area contributed by atoms with Crippen LogP contribution in [0, 0.1) is 0 Å². The predicted molar refractivity (Wildman–Crippen MR) is 95.5 cm³/mol. The van der Waals surface area contributed by atoms with E-state index in [-0.39, 0.29) is 6.04 Å². The number of benzene rings is 1. The molecule has 7 heteroatoms. The number of hydrogen-bond donors (Lipinski definition) is 4. The van der Waals surface area contributed by atoms with Crippen LogP contribution in [0.3, 0.4) is 0 Å². The van der Waals surface area contributed by atoms with Crippen LogP contribution in [-0.4, -0.2) is 15.7 Å². The molecule has 3 aromatic rings. The lowest BCUT2D eigenvalue weighted by Crippen LogP contribution is -2.28. The van der Waals surface area contributed by atoms with Gasteiger partial charge in [-0.3, -0.25) is 11.3 Å². The van der Waals surface area contributed by atoms with Crippen molar-refractivity contribution in [2.75, 3.05) is 5.75 Å². The number of halogens is 2. The van der Waals surface area contributed by atoms with Gasteiger partial charge >= 0.3 is 0 Å². The molecule has 1 atom stereocenters. The maximum Gasteiger partial charge on any atom is 0.137 e. The Morgan fingerprint density at radius 3 is 2.55 bits per heavy atom. The molecule has 3 rings (SSSR count). The van der Waals surface area contributed by atoms with Crippen molar-refractivity contribution >= 4 is 46.9 Å². The zero-order chi connectivity index (χ0) is 15.7. The van der Waals surface area contributed by atoms with E-state index in [1.807, 2.05) is 24.4 Å². The summed E-state index contributed by atoms with van der Waals surface area (Å²) in [7, 11) is 0. The SMILES string of the molecule is NNC(CS)c1c[nH]c2ncc(-c3cc(Cl)cc(Cl)c3)cc12. The molecule has 4 N–H and O–H groups in total. The number of thiol groups is 1. The van der Waals surface area contributed by atoms with E-state index in [9.17, 15) is 0 Å². The second kappa shape index (κ2) is 6.48. The Balaban J connectivity index is 2.14. The Hall–Kier alpha value is -1.24. The lowest BCUT2D eigenvalue weighted by molar-refractivity contribution is 0.616. The summed E-state index contributed by atoms with van der Waals surface area (Å²) in [6.07, 6.45) is 3.68. The molecule has 2 heterocycles. The van der Waals surface area contributed by atoms with Crippen LogP contribution in [0.15, 0.2) is 36.7 Å². The quantitative estimate of drug-likeness (QED) is 0.326. The van der Waals surface area contributed by atoms with E-state index in [0.29, 0.717) is 15.8 Å². The predicted octanol–water partition coefficient (Wildman–Crippen LogP) is 3.97. The molecule has 2 aromatic heterocycles. The maximum atomic E-state index is 6.08. The molecule has 0 spiro atoms. The number of aromatic amines is 1. The first-order valence-corrected chi connectivity index (χ1v) is 8.01. The van der Waals surface area contributed by atoms with Gasteiger partial charge in [-0.1, -0.05) is 23.2 Å². The van der Waals surface area contributed by atoms with Crippen LogP contribution in [0.2, 0.25) is 10.0 Å². The first-order valence-electron chi connectivity index (χ1n) is 6.63. The third kappa shape index (κ3) is 2.95. The Morgan fingerprint density at radius 1 is 1.18 bits per heavy atom. The lowest BCUT2D eigenvalue weighted by atomic mass is 10.0. The number of fused-ring (bicyclic) bond motifs is 1. The molecule has 4 nitrogen and oxygen atoms in total. The van der Waals surface area contributed by atoms with Gasteiger partial charge in [0, 0.05) is 39.1 Å². The van der Waals surface area contributed by atoms with E-state index in [2.05, 4.69) is 28.0 Å². The van der Waals surface area contributed by atoms with Crippen LogP contribution in [0.1, 0.15) is 11.6 Å². The van der Waals surface area contributed by atoms with Crippen LogP contribution in [0.25, 0.3) is 22.2 Å². The van der Waals surface area contributed by atoms with Gasteiger partial charge in [-0.05, 0) is 35.4 Å². The van der Waals surface area contributed by atoms with Crippen molar-refractivity contribution < 1.29 is 0 Å². The molecule has 0 radical (unpaired) electrons. The Kier molecular flexibility index (Phi) is 4.61. The van der Waals surface area contributed by atoms with Gasteiger partial charge < -0.3 is 4.98 Å². The first kappa shape index (κ1) is 15.6. The number of nitrogens with two attached hydrogens (primary N) is 1. The minimum absolute atomic E-state index is 0.0583. The Labute approximate surface area is 143 Å². The second-order valence-electron chi connectivity index (χ2n) is 4.92. The molecule has 22 heavy (non-hydrogen) atoms. The summed E-state index contributed by atoms with van der Waals surface area (Å²) >= 11 is 16.5. The second-order valence-corrected chi connectivity index (χ2v) is 6.16. The molecule has 0 aliphatic heterocycles. The van der Waals surface area contributed by atoms with Crippen molar-refractivity contribution in [2.45, 2.75) is 6.04 Å². The fourth-order valence-corrected chi connectivity index (χ4v) is 3.26. The minimum Gasteiger partial charge on any atom is -0.346 e. The standard InChI is InChI=1S/C15H14Cl2N4S/c16-10-1-8(2-11(17)4-10)9-3-12-13(14(7-22)21-18)6-20-15(12)19-5-9/h1-6,14,21-22H,7,18H2,(H,19,20). The van der Waals surface area contributed by atoms with E-state index < -0.39 is 0 Å². The molecule has 1 unspecified atom stereocenters. The van der Waals surface area contributed by atoms with Gasteiger partial charge in [0.25, 0.3) is 0 Å². The summed E-state index contributed by atoms with van der Waals surface area (Å²) in [5.74, 6) is 6.17. The third-order valence-corrected chi connectivity index (χ3v) is 4.32. The zero-order valence-corrected chi connectivity index (χ0v) is 13.9. The van der Waals surface area contributed by atoms with Crippen LogP contribution in [0.4, 0.5) is 0 Å². The summed E-state index contributed by atoms with van der Waals surface area (Å²) in [5, 5.41) is 2.17. The number of nitrogens with one attached hydrogen (secondary N) is 2. The summed E-state index contributed by atoms with van der Waals surface area (Å²) in [4.78, 5) is 7.60. The molecule has 0 saturated heterocycles. The van der Waals surface area contributed by atoms with Crippen LogP contribution in [-0.2, 0) is 0 Å². The highest BCUT2D eigenvalue weighted by atomic mass is 35.5. The molecule has 0 amide bonds. The molecule has 0 aliphatic rings. The highest BCUT2D eigenvalue weighted by Gasteiger charge is 2.14. The monoisotopic (exact) mass is 352 g/mol. The fourth-order valence-electron chi connectivity index (χ4n) is 2.43. The van der Waals surface area contributed by atoms with E-state index in [0.717, 1.165) is 27.7 Å². The molecular weight excluding hydrogens is 339 g/mol.